The normalized spacial score (nSPS) is 12.0. The van der Waals surface area contributed by atoms with Crippen LogP contribution in [0.5, 0.6) is 0 Å². The molecule has 156 valence electrons. The highest BCUT2D eigenvalue weighted by Crippen LogP contribution is 2.28. The monoisotopic (exact) mass is 466 g/mol. The number of nitrogens with zero attached hydrogens (tertiary/aromatic N) is 5. The molecule has 1 atom stereocenters. The Morgan fingerprint density at radius 3 is 2.63 bits per heavy atom. The first-order valence-corrected chi connectivity index (χ1v) is 9.24. The molecule has 9 nitrogen and oxygen atoms in total. The van der Waals surface area contributed by atoms with E-state index >= 15 is 0 Å². The second kappa shape index (κ2) is 8.13. The Balaban J connectivity index is 0.00000256. The maximum Gasteiger partial charge on any atom is 0.338 e. The second-order valence-corrected chi connectivity index (χ2v) is 7.26. The molecule has 0 unspecified atom stereocenters. The molecule has 0 bridgehead atoms. The quantitative estimate of drug-likeness (QED) is 0.475. The summed E-state index contributed by atoms with van der Waals surface area (Å²) in [7, 11) is 0. The van der Waals surface area contributed by atoms with E-state index in [1.54, 1.807) is 23.7 Å². The summed E-state index contributed by atoms with van der Waals surface area (Å²) in [6, 6.07) is 4.92. The summed E-state index contributed by atoms with van der Waals surface area (Å²) in [6.45, 7) is 3.62. The van der Waals surface area contributed by atoms with Crippen LogP contribution in [0.25, 0.3) is 17.0 Å². The van der Waals surface area contributed by atoms with Crippen molar-refractivity contribution in [3.8, 4) is 5.95 Å². The van der Waals surface area contributed by atoms with Gasteiger partial charge in [0, 0.05) is 6.20 Å². The average molecular weight is 467 g/mol. The third kappa shape index (κ3) is 3.69. The van der Waals surface area contributed by atoms with Gasteiger partial charge in [-0.2, -0.15) is 23.7 Å². The molecule has 0 aliphatic heterocycles. The second-order valence-electron chi connectivity index (χ2n) is 6.44. The van der Waals surface area contributed by atoms with Crippen LogP contribution >= 0.6 is 36.7 Å². The summed E-state index contributed by atoms with van der Waals surface area (Å²) >= 11 is 12.1. The van der Waals surface area contributed by atoms with Crippen molar-refractivity contribution in [2.24, 2.45) is 0 Å². The van der Waals surface area contributed by atoms with Crippen LogP contribution in [0.1, 0.15) is 34.6 Å². The Morgan fingerprint density at radius 2 is 2.00 bits per heavy atom. The van der Waals surface area contributed by atoms with Crippen LogP contribution in [-0.2, 0) is 0 Å². The molecule has 0 aliphatic carbocycles. The van der Waals surface area contributed by atoms with Gasteiger partial charge in [0.15, 0.2) is 5.52 Å². The number of hydrogen-bond donors (Lipinski definition) is 2. The fourth-order valence-corrected chi connectivity index (χ4v) is 3.34. The zero-order chi connectivity index (χ0) is 20.9. The predicted octanol–water partition coefficient (Wildman–Crippen LogP) is 3.34. The Hall–Kier alpha value is -2.82. The summed E-state index contributed by atoms with van der Waals surface area (Å²) in [5.41, 5.74) is 1.60. The van der Waals surface area contributed by atoms with Gasteiger partial charge >= 0.3 is 5.97 Å². The molecule has 30 heavy (non-hydrogen) atoms. The van der Waals surface area contributed by atoms with Crippen molar-refractivity contribution in [2.45, 2.75) is 19.9 Å². The van der Waals surface area contributed by atoms with Gasteiger partial charge in [-0.25, -0.2) is 14.5 Å². The number of carbonyl (C=O) groups is 1. The molecule has 0 saturated carbocycles. The lowest BCUT2D eigenvalue weighted by atomic mass is 10.1. The minimum atomic E-state index is -1.13. The number of hydrogen-bond acceptors (Lipinski definition) is 5. The van der Waals surface area contributed by atoms with E-state index in [9.17, 15) is 9.59 Å². The third-order valence-corrected chi connectivity index (χ3v) is 5.29. The van der Waals surface area contributed by atoms with Gasteiger partial charge in [-0.15, -0.1) is 0 Å². The summed E-state index contributed by atoms with van der Waals surface area (Å²) in [6.07, 6.45) is 2.44. The molecule has 12 heteroatoms. The third-order valence-electron chi connectivity index (χ3n) is 4.55. The molecule has 0 radical (unpaired) electrons. The SMILES string of the molecule is Cc1nn([C@@H](C)c2ccc(Cl)c(Cl)c2)c2c(=O)[nH]c(-n3cc(C(=O)O)cn3)nc12.S. The molecule has 1 aromatic carbocycles. The molecule has 0 spiro atoms. The number of aryl methyl sites for hydroxylation is 1. The van der Waals surface area contributed by atoms with Gasteiger partial charge in [0.1, 0.15) is 5.52 Å². The summed E-state index contributed by atoms with van der Waals surface area (Å²) < 4.78 is 2.77. The summed E-state index contributed by atoms with van der Waals surface area (Å²) in [5.74, 6) is -1.03. The van der Waals surface area contributed by atoms with Crippen molar-refractivity contribution in [1.82, 2.24) is 29.5 Å². The van der Waals surface area contributed by atoms with E-state index in [4.69, 9.17) is 28.3 Å². The van der Waals surface area contributed by atoms with Crippen molar-refractivity contribution in [1.29, 1.82) is 0 Å². The number of carboxylic acid groups (broad SMARTS) is 1. The number of aromatic amines is 1. The number of aromatic carboxylic acids is 1. The van der Waals surface area contributed by atoms with Gasteiger partial charge < -0.3 is 5.11 Å². The molecule has 0 fully saturated rings. The number of halogens is 2. The smallest absolute Gasteiger partial charge is 0.338 e. The van der Waals surface area contributed by atoms with Gasteiger partial charge in [-0.05, 0) is 31.5 Å². The van der Waals surface area contributed by atoms with Gasteiger partial charge in [0.25, 0.3) is 5.56 Å². The zero-order valence-corrected chi connectivity index (χ0v) is 18.2. The lowest BCUT2D eigenvalue weighted by molar-refractivity contribution is 0.0697. The lowest BCUT2D eigenvalue weighted by Crippen LogP contribution is -2.19. The van der Waals surface area contributed by atoms with Crippen molar-refractivity contribution in [3.63, 3.8) is 0 Å². The van der Waals surface area contributed by atoms with Gasteiger partial charge in [0.05, 0.1) is 33.5 Å². The lowest BCUT2D eigenvalue weighted by Gasteiger charge is -2.14. The number of benzene rings is 1. The van der Waals surface area contributed by atoms with Crippen LogP contribution < -0.4 is 5.56 Å². The van der Waals surface area contributed by atoms with Gasteiger partial charge in [0.2, 0.25) is 5.95 Å². The Kier molecular flexibility index (Phi) is 5.93. The summed E-state index contributed by atoms with van der Waals surface area (Å²) in [4.78, 5) is 31.0. The molecule has 4 aromatic rings. The molecular weight excluding hydrogens is 451 g/mol. The molecule has 3 heterocycles. The van der Waals surface area contributed by atoms with Crippen LogP contribution in [0.2, 0.25) is 10.0 Å². The molecule has 2 N–H and O–H groups in total. The van der Waals surface area contributed by atoms with Gasteiger partial charge in [-0.1, -0.05) is 29.3 Å². The van der Waals surface area contributed by atoms with E-state index in [1.807, 2.05) is 13.0 Å². The Labute approximate surface area is 186 Å². The van der Waals surface area contributed by atoms with Crippen molar-refractivity contribution < 1.29 is 9.90 Å². The van der Waals surface area contributed by atoms with E-state index in [0.29, 0.717) is 21.3 Å². The topological polar surface area (TPSA) is 119 Å². The van der Waals surface area contributed by atoms with Crippen LogP contribution in [0.15, 0.2) is 35.4 Å². The van der Waals surface area contributed by atoms with Crippen LogP contribution in [0.3, 0.4) is 0 Å². The summed E-state index contributed by atoms with van der Waals surface area (Å²) in [5, 5.41) is 18.3. The molecule has 0 saturated heterocycles. The first-order valence-electron chi connectivity index (χ1n) is 8.48. The first kappa shape index (κ1) is 21.9. The van der Waals surface area contributed by atoms with Crippen molar-refractivity contribution >= 4 is 53.7 Å². The van der Waals surface area contributed by atoms with E-state index in [0.717, 1.165) is 5.56 Å². The van der Waals surface area contributed by atoms with Crippen LogP contribution in [-0.4, -0.2) is 40.6 Å². The maximum atomic E-state index is 12.8. The number of rotatable bonds is 4. The predicted molar refractivity (Wildman–Crippen MR) is 118 cm³/mol. The van der Waals surface area contributed by atoms with Gasteiger partial charge in [-0.3, -0.25) is 14.5 Å². The maximum absolute atomic E-state index is 12.8. The fourth-order valence-electron chi connectivity index (χ4n) is 3.03. The van der Waals surface area contributed by atoms with E-state index < -0.39 is 11.5 Å². The molecule has 0 amide bonds. The standard InChI is InChI=1S/C18H14Cl2N6O3.H2S/c1-8-14-15(26(24-8)9(2)10-3-4-12(19)13(20)5-10)16(27)23-18(22-14)25-7-11(6-21-25)17(28)29;/h3-7,9H,1-2H3,(H,28,29)(H,22,23,27);1H2/t9-;/m0./s1. The highest BCUT2D eigenvalue weighted by Gasteiger charge is 2.20. The minimum Gasteiger partial charge on any atom is -0.478 e. The number of fused-ring (bicyclic) bond motifs is 1. The molecular formula is C18H16Cl2N6O3S. The van der Waals surface area contributed by atoms with Crippen LogP contribution in [0, 0.1) is 6.92 Å². The number of nitrogens with one attached hydrogen (secondary N) is 1. The van der Waals surface area contributed by atoms with E-state index in [2.05, 4.69) is 20.2 Å². The zero-order valence-electron chi connectivity index (χ0n) is 15.7. The highest BCUT2D eigenvalue weighted by atomic mass is 35.5. The number of aromatic nitrogens is 6. The first-order chi connectivity index (χ1) is 13.8. The van der Waals surface area contributed by atoms with E-state index in [1.165, 1.54) is 17.1 Å². The van der Waals surface area contributed by atoms with Crippen LogP contribution in [0.4, 0.5) is 0 Å². The van der Waals surface area contributed by atoms with E-state index in [-0.39, 0.29) is 36.6 Å². The molecule has 3 aromatic heterocycles. The van der Waals surface area contributed by atoms with Crippen molar-refractivity contribution in [2.75, 3.05) is 0 Å². The Bertz CT molecular complexity index is 1330. The average Bonchev–Trinajstić information content (AvgIpc) is 3.29. The number of H-pyrrole nitrogens is 1. The molecule has 0 aliphatic rings. The fraction of sp³-hybridized carbons (Fsp3) is 0.167. The highest BCUT2D eigenvalue weighted by molar-refractivity contribution is 7.59. The van der Waals surface area contributed by atoms with Crippen molar-refractivity contribution in [3.05, 3.63) is 67.8 Å². The molecule has 4 rings (SSSR count). The minimum absolute atomic E-state index is 0. The Morgan fingerprint density at radius 1 is 1.27 bits per heavy atom. The largest absolute Gasteiger partial charge is 0.478 e. The number of carboxylic acids is 1.